The average molecular weight is 340 g/mol. The first-order chi connectivity index (χ1) is 12.2. The van der Waals surface area contributed by atoms with E-state index in [-0.39, 0.29) is 6.04 Å². The Morgan fingerprint density at radius 2 is 2.08 bits per heavy atom. The van der Waals surface area contributed by atoms with Gasteiger partial charge in [0.25, 0.3) is 5.71 Å². The van der Waals surface area contributed by atoms with Crippen LogP contribution in [0.3, 0.4) is 0 Å². The molecule has 7 heteroatoms. The fraction of sp³-hybridized carbons (Fsp3) is 0.389. The number of methoxy groups -OCH3 is 2. The standard InChI is InChI=1S/C18H20N4O3/c1-11-16-17(19-10-20-18(16)25-21-11)22-8-4-5-14(22)13-9-12(23-2)6-7-15(13)24-3/h6-7,9-10,14H,4-5,8H2,1-3H3/t14-/m1/s1. The summed E-state index contributed by atoms with van der Waals surface area (Å²) in [6.45, 7) is 2.82. The summed E-state index contributed by atoms with van der Waals surface area (Å²) in [6, 6.07) is 6.05. The van der Waals surface area contributed by atoms with Gasteiger partial charge in [-0.15, -0.1) is 0 Å². The SMILES string of the molecule is COc1ccc(OC)c([C@H]2CCCN2c2ncnc3onc(C)c23)c1. The van der Waals surface area contributed by atoms with E-state index < -0.39 is 0 Å². The summed E-state index contributed by atoms with van der Waals surface area (Å²) < 4.78 is 16.3. The minimum absolute atomic E-state index is 0.150. The lowest BCUT2D eigenvalue weighted by Crippen LogP contribution is -2.24. The van der Waals surface area contributed by atoms with Crippen LogP contribution in [0, 0.1) is 6.92 Å². The third kappa shape index (κ3) is 2.56. The van der Waals surface area contributed by atoms with E-state index in [1.807, 2.05) is 25.1 Å². The molecule has 2 aromatic heterocycles. The van der Waals surface area contributed by atoms with Crippen molar-refractivity contribution in [1.82, 2.24) is 15.1 Å². The molecule has 1 saturated heterocycles. The topological polar surface area (TPSA) is 73.5 Å². The number of hydrogen-bond donors (Lipinski definition) is 0. The molecule has 0 bridgehead atoms. The van der Waals surface area contributed by atoms with Crippen molar-refractivity contribution >= 4 is 16.9 Å². The molecule has 7 nitrogen and oxygen atoms in total. The summed E-state index contributed by atoms with van der Waals surface area (Å²) in [5.74, 6) is 2.53. The van der Waals surface area contributed by atoms with Crippen LogP contribution in [-0.4, -0.2) is 35.9 Å². The summed E-state index contributed by atoms with van der Waals surface area (Å²) in [4.78, 5) is 11.0. The molecule has 0 unspecified atom stereocenters. The zero-order valence-electron chi connectivity index (χ0n) is 14.5. The lowest BCUT2D eigenvalue weighted by Gasteiger charge is -2.27. The zero-order chi connectivity index (χ0) is 17.4. The van der Waals surface area contributed by atoms with Crippen LogP contribution in [0.25, 0.3) is 11.1 Å². The van der Waals surface area contributed by atoms with E-state index in [9.17, 15) is 0 Å². The van der Waals surface area contributed by atoms with Gasteiger partial charge in [-0.05, 0) is 38.0 Å². The Bertz CT molecular complexity index is 908. The van der Waals surface area contributed by atoms with E-state index in [1.165, 1.54) is 6.33 Å². The fourth-order valence-corrected chi connectivity index (χ4v) is 3.56. The van der Waals surface area contributed by atoms with Gasteiger partial charge in [-0.3, -0.25) is 0 Å². The Hall–Kier alpha value is -2.83. The second kappa shape index (κ2) is 6.23. The number of hydrogen-bond acceptors (Lipinski definition) is 7. The smallest absolute Gasteiger partial charge is 0.263 e. The molecule has 0 spiro atoms. The number of benzene rings is 1. The maximum Gasteiger partial charge on any atom is 0.263 e. The van der Waals surface area contributed by atoms with E-state index in [0.717, 1.165) is 53.3 Å². The molecule has 0 radical (unpaired) electrons. The monoisotopic (exact) mass is 340 g/mol. The molecule has 1 fully saturated rings. The quantitative estimate of drug-likeness (QED) is 0.721. The lowest BCUT2D eigenvalue weighted by molar-refractivity contribution is 0.395. The van der Waals surface area contributed by atoms with Gasteiger partial charge >= 0.3 is 0 Å². The van der Waals surface area contributed by atoms with Gasteiger partial charge in [0.05, 0.1) is 26.0 Å². The van der Waals surface area contributed by atoms with Crippen LogP contribution < -0.4 is 14.4 Å². The van der Waals surface area contributed by atoms with Crippen LogP contribution >= 0.6 is 0 Å². The molecule has 3 heterocycles. The van der Waals surface area contributed by atoms with Crippen molar-refractivity contribution in [3.05, 3.63) is 35.8 Å². The predicted octanol–water partition coefficient (Wildman–Crippen LogP) is 3.28. The lowest BCUT2D eigenvalue weighted by atomic mass is 10.0. The zero-order valence-corrected chi connectivity index (χ0v) is 14.5. The van der Waals surface area contributed by atoms with Crippen molar-refractivity contribution in [2.75, 3.05) is 25.7 Å². The molecular weight excluding hydrogens is 320 g/mol. The van der Waals surface area contributed by atoms with Crippen LogP contribution in [0.15, 0.2) is 29.0 Å². The van der Waals surface area contributed by atoms with E-state index in [2.05, 4.69) is 20.0 Å². The van der Waals surface area contributed by atoms with Gasteiger partial charge in [0.2, 0.25) is 0 Å². The number of ether oxygens (including phenoxy) is 2. The maximum absolute atomic E-state index is 5.59. The van der Waals surface area contributed by atoms with Crippen LogP contribution in [-0.2, 0) is 0 Å². The molecule has 130 valence electrons. The third-order valence-electron chi connectivity index (χ3n) is 4.74. The van der Waals surface area contributed by atoms with Gasteiger partial charge in [-0.2, -0.15) is 4.98 Å². The second-order valence-corrected chi connectivity index (χ2v) is 6.10. The second-order valence-electron chi connectivity index (χ2n) is 6.10. The Balaban J connectivity index is 1.82. The number of fused-ring (bicyclic) bond motifs is 1. The molecule has 1 aliphatic heterocycles. The van der Waals surface area contributed by atoms with Crippen molar-refractivity contribution in [3.8, 4) is 11.5 Å². The first-order valence-electron chi connectivity index (χ1n) is 8.28. The van der Waals surface area contributed by atoms with E-state index in [1.54, 1.807) is 14.2 Å². The van der Waals surface area contributed by atoms with Crippen molar-refractivity contribution in [2.24, 2.45) is 0 Å². The molecule has 0 N–H and O–H groups in total. The number of nitrogens with zero attached hydrogens (tertiary/aromatic N) is 4. The number of aryl methyl sites for hydroxylation is 1. The number of aromatic nitrogens is 3. The maximum atomic E-state index is 5.59. The highest BCUT2D eigenvalue weighted by molar-refractivity contribution is 5.88. The van der Waals surface area contributed by atoms with Crippen LogP contribution in [0.1, 0.15) is 30.1 Å². The van der Waals surface area contributed by atoms with Crippen LogP contribution in [0.2, 0.25) is 0 Å². The molecule has 4 rings (SSSR count). The van der Waals surface area contributed by atoms with Crippen LogP contribution in [0.5, 0.6) is 11.5 Å². The predicted molar refractivity (Wildman–Crippen MR) is 93.2 cm³/mol. The summed E-state index contributed by atoms with van der Waals surface area (Å²) in [7, 11) is 3.37. The molecule has 1 atom stereocenters. The van der Waals surface area contributed by atoms with E-state index in [0.29, 0.717) is 5.71 Å². The third-order valence-corrected chi connectivity index (χ3v) is 4.74. The van der Waals surface area contributed by atoms with Gasteiger partial charge in [0.1, 0.15) is 29.0 Å². The van der Waals surface area contributed by atoms with Crippen molar-refractivity contribution < 1.29 is 14.0 Å². The van der Waals surface area contributed by atoms with Crippen molar-refractivity contribution in [2.45, 2.75) is 25.8 Å². The van der Waals surface area contributed by atoms with Crippen molar-refractivity contribution in [3.63, 3.8) is 0 Å². The summed E-state index contributed by atoms with van der Waals surface area (Å²) in [5, 5.41) is 4.91. The summed E-state index contributed by atoms with van der Waals surface area (Å²) in [6.07, 6.45) is 3.61. The average Bonchev–Trinajstić information content (AvgIpc) is 3.28. The Morgan fingerprint density at radius 3 is 2.88 bits per heavy atom. The number of rotatable bonds is 4. The van der Waals surface area contributed by atoms with Gasteiger partial charge in [0, 0.05) is 12.1 Å². The van der Waals surface area contributed by atoms with Crippen molar-refractivity contribution in [1.29, 1.82) is 0 Å². The molecule has 0 saturated carbocycles. The fourth-order valence-electron chi connectivity index (χ4n) is 3.56. The van der Waals surface area contributed by atoms with E-state index >= 15 is 0 Å². The van der Waals surface area contributed by atoms with Gasteiger partial charge in [-0.1, -0.05) is 5.16 Å². The van der Waals surface area contributed by atoms with Gasteiger partial charge < -0.3 is 18.9 Å². The minimum Gasteiger partial charge on any atom is -0.497 e. The highest BCUT2D eigenvalue weighted by Gasteiger charge is 2.32. The Labute approximate surface area is 145 Å². The molecule has 0 aliphatic carbocycles. The molecule has 0 amide bonds. The Morgan fingerprint density at radius 1 is 1.20 bits per heavy atom. The van der Waals surface area contributed by atoms with Gasteiger partial charge in [-0.25, -0.2) is 4.98 Å². The normalized spacial score (nSPS) is 17.2. The van der Waals surface area contributed by atoms with Crippen LogP contribution in [0.4, 0.5) is 5.82 Å². The molecular formula is C18H20N4O3. The Kier molecular flexibility index (Phi) is 3.91. The largest absolute Gasteiger partial charge is 0.497 e. The number of anilines is 1. The first kappa shape index (κ1) is 15.7. The minimum atomic E-state index is 0.150. The molecule has 1 aliphatic rings. The first-order valence-corrected chi connectivity index (χ1v) is 8.28. The molecule has 25 heavy (non-hydrogen) atoms. The molecule has 1 aromatic carbocycles. The van der Waals surface area contributed by atoms with E-state index in [4.69, 9.17) is 14.0 Å². The molecule has 3 aromatic rings. The highest BCUT2D eigenvalue weighted by Crippen LogP contribution is 2.42. The summed E-state index contributed by atoms with van der Waals surface area (Å²) in [5.41, 5.74) is 2.42. The highest BCUT2D eigenvalue weighted by atomic mass is 16.5. The van der Waals surface area contributed by atoms with Gasteiger partial charge in [0.15, 0.2) is 0 Å². The summed E-state index contributed by atoms with van der Waals surface area (Å²) >= 11 is 0.